The van der Waals surface area contributed by atoms with E-state index in [4.69, 9.17) is 10.7 Å². The molecule has 0 aliphatic rings. The quantitative estimate of drug-likeness (QED) is 0.900. The molecule has 0 amide bonds. The third-order valence-corrected chi connectivity index (χ3v) is 3.32. The highest BCUT2D eigenvalue weighted by Crippen LogP contribution is 2.25. The summed E-state index contributed by atoms with van der Waals surface area (Å²) >= 11 is 0. The van der Waals surface area contributed by atoms with Crippen LogP contribution < -0.4 is 10.6 Å². The van der Waals surface area contributed by atoms with Crippen LogP contribution in [0.2, 0.25) is 0 Å². The van der Waals surface area contributed by atoms with Crippen LogP contribution in [0.5, 0.6) is 0 Å². The first-order valence-electron chi connectivity index (χ1n) is 6.31. The molecule has 18 heavy (non-hydrogen) atoms. The Morgan fingerprint density at radius 3 is 2.39 bits per heavy atom. The molecule has 2 rings (SSSR count). The predicted molar refractivity (Wildman–Crippen MR) is 78.3 cm³/mol. The van der Waals surface area contributed by atoms with Crippen LogP contribution in [0.3, 0.4) is 0 Å². The van der Waals surface area contributed by atoms with E-state index in [9.17, 15) is 0 Å². The lowest BCUT2D eigenvalue weighted by molar-refractivity contribution is 0.942. The van der Waals surface area contributed by atoms with Crippen molar-refractivity contribution < 1.29 is 0 Å². The molecule has 0 atom stereocenters. The summed E-state index contributed by atoms with van der Waals surface area (Å²) in [5.41, 5.74) is 10.5. The second-order valence-electron chi connectivity index (χ2n) is 5.03. The highest BCUT2D eigenvalue weighted by Gasteiger charge is 2.09. The zero-order valence-corrected chi connectivity index (χ0v) is 11.6. The number of aromatic nitrogens is 1. The lowest BCUT2D eigenvalue weighted by Gasteiger charge is -2.17. The summed E-state index contributed by atoms with van der Waals surface area (Å²) in [6.07, 6.45) is 0.864. The van der Waals surface area contributed by atoms with Crippen molar-refractivity contribution >= 4 is 16.7 Å². The van der Waals surface area contributed by atoms with Crippen molar-refractivity contribution in [3.05, 3.63) is 34.9 Å². The van der Waals surface area contributed by atoms with E-state index in [1.807, 2.05) is 14.1 Å². The Morgan fingerprint density at radius 2 is 1.78 bits per heavy atom. The zero-order valence-electron chi connectivity index (χ0n) is 11.6. The van der Waals surface area contributed by atoms with E-state index in [0.29, 0.717) is 6.54 Å². The van der Waals surface area contributed by atoms with Gasteiger partial charge in [0.25, 0.3) is 0 Å². The van der Waals surface area contributed by atoms with Gasteiger partial charge in [-0.25, -0.2) is 4.98 Å². The SMILES string of the molecule is Cc1cc2cc(CCN)c(N(C)C)nc2cc1C. The van der Waals surface area contributed by atoms with Crippen LogP contribution in [-0.4, -0.2) is 25.6 Å². The standard InChI is InChI=1S/C15H21N3/c1-10-7-13-9-12(5-6-16)15(18(3)4)17-14(13)8-11(10)2/h7-9H,5-6,16H2,1-4H3. The molecule has 0 spiro atoms. The largest absolute Gasteiger partial charge is 0.362 e. The van der Waals surface area contributed by atoms with Crippen LogP contribution in [0.1, 0.15) is 16.7 Å². The molecule has 3 nitrogen and oxygen atoms in total. The highest BCUT2D eigenvalue weighted by molar-refractivity contribution is 5.83. The molecule has 0 saturated carbocycles. The van der Waals surface area contributed by atoms with E-state index in [-0.39, 0.29) is 0 Å². The molecule has 1 aromatic carbocycles. The van der Waals surface area contributed by atoms with Gasteiger partial charge in [-0.05, 0) is 61.7 Å². The number of nitrogens with two attached hydrogens (primary N) is 1. The number of hydrogen-bond acceptors (Lipinski definition) is 3. The van der Waals surface area contributed by atoms with Gasteiger partial charge in [0.15, 0.2) is 0 Å². The molecular weight excluding hydrogens is 222 g/mol. The summed E-state index contributed by atoms with van der Waals surface area (Å²) in [6, 6.07) is 6.58. The van der Waals surface area contributed by atoms with E-state index in [1.54, 1.807) is 0 Å². The van der Waals surface area contributed by atoms with Crippen LogP contribution in [0.4, 0.5) is 5.82 Å². The Kier molecular flexibility index (Phi) is 3.53. The van der Waals surface area contributed by atoms with Crippen LogP contribution >= 0.6 is 0 Å². The number of fused-ring (bicyclic) bond motifs is 1. The summed E-state index contributed by atoms with van der Waals surface area (Å²) in [6.45, 7) is 4.91. The van der Waals surface area contributed by atoms with Crippen LogP contribution in [0.15, 0.2) is 18.2 Å². The first-order chi connectivity index (χ1) is 8.52. The number of nitrogens with zero attached hydrogens (tertiary/aromatic N) is 2. The van der Waals surface area contributed by atoms with Gasteiger partial charge in [0.1, 0.15) is 5.82 Å². The third kappa shape index (κ3) is 2.31. The molecule has 0 bridgehead atoms. The number of aryl methyl sites for hydroxylation is 2. The summed E-state index contributed by atoms with van der Waals surface area (Å²) in [5, 5.41) is 1.20. The lowest BCUT2D eigenvalue weighted by Crippen LogP contribution is -2.15. The Morgan fingerprint density at radius 1 is 1.11 bits per heavy atom. The summed E-state index contributed by atoms with van der Waals surface area (Å²) < 4.78 is 0. The van der Waals surface area contributed by atoms with Gasteiger partial charge in [-0.3, -0.25) is 0 Å². The van der Waals surface area contributed by atoms with Crippen LogP contribution in [0, 0.1) is 13.8 Å². The van der Waals surface area contributed by atoms with E-state index in [0.717, 1.165) is 17.8 Å². The molecule has 3 heteroatoms. The zero-order chi connectivity index (χ0) is 13.3. The van der Waals surface area contributed by atoms with Crippen LogP contribution in [-0.2, 0) is 6.42 Å². The van der Waals surface area contributed by atoms with Gasteiger partial charge >= 0.3 is 0 Å². The molecule has 96 valence electrons. The number of rotatable bonds is 3. The first-order valence-corrected chi connectivity index (χ1v) is 6.31. The second-order valence-corrected chi connectivity index (χ2v) is 5.03. The summed E-state index contributed by atoms with van der Waals surface area (Å²) in [5.74, 6) is 1.02. The van der Waals surface area contributed by atoms with E-state index < -0.39 is 0 Å². The van der Waals surface area contributed by atoms with Gasteiger partial charge in [0.05, 0.1) is 5.52 Å². The second kappa shape index (κ2) is 4.94. The minimum atomic E-state index is 0.652. The molecule has 1 aromatic heterocycles. The van der Waals surface area contributed by atoms with Gasteiger partial charge in [0.2, 0.25) is 0 Å². The van der Waals surface area contributed by atoms with E-state index in [1.165, 1.54) is 22.1 Å². The Bertz CT molecular complexity index is 573. The maximum Gasteiger partial charge on any atom is 0.132 e. The lowest BCUT2D eigenvalue weighted by atomic mass is 10.0. The van der Waals surface area contributed by atoms with Crippen molar-refractivity contribution in [2.75, 3.05) is 25.5 Å². The Labute approximate surface area is 109 Å². The number of anilines is 1. The van der Waals surface area contributed by atoms with Gasteiger partial charge in [-0.1, -0.05) is 0 Å². The van der Waals surface area contributed by atoms with Crippen molar-refractivity contribution in [1.29, 1.82) is 0 Å². The molecule has 0 aliphatic carbocycles. The molecule has 2 N–H and O–H groups in total. The van der Waals surface area contributed by atoms with Gasteiger partial charge in [0, 0.05) is 19.5 Å². The van der Waals surface area contributed by atoms with Gasteiger partial charge in [-0.2, -0.15) is 0 Å². The van der Waals surface area contributed by atoms with Crippen molar-refractivity contribution in [3.63, 3.8) is 0 Å². The highest BCUT2D eigenvalue weighted by atomic mass is 15.1. The fourth-order valence-electron chi connectivity index (χ4n) is 2.20. The van der Waals surface area contributed by atoms with Gasteiger partial charge < -0.3 is 10.6 Å². The van der Waals surface area contributed by atoms with Crippen molar-refractivity contribution in [2.24, 2.45) is 5.73 Å². The summed E-state index contributed by atoms with van der Waals surface area (Å²) in [7, 11) is 4.05. The monoisotopic (exact) mass is 243 g/mol. The minimum Gasteiger partial charge on any atom is -0.362 e. The molecule has 0 saturated heterocycles. The van der Waals surface area contributed by atoms with Crippen LogP contribution in [0.25, 0.3) is 10.9 Å². The van der Waals surface area contributed by atoms with E-state index >= 15 is 0 Å². The van der Waals surface area contributed by atoms with Crippen molar-refractivity contribution in [3.8, 4) is 0 Å². The molecular formula is C15H21N3. The summed E-state index contributed by atoms with van der Waals surface area (Å²) in [4.78, 5) is 6.82. The van der Waals surface area contributed by atoms with Crippen molar-refractivity contribution in [2.45, 2.75) is 20.3 Å². The molecule has 1 heterocycles. The normalized spacial score (nSPS) is 10.9. The first kappa shape index (κ1) is 12.8. The average molecular weight is 243 g/mol. The molecule has 0 aliphatic heterocycles. The molecule has 2 aromatic rings. The maximum atomic E-state index is 5.68. The number of pyridine rings is 1. The fraction of sp³-hybridized carbons (Fsp3) is 0.400. The smallest absolute Gasteiger partial charge is 0.132 e. The predicted octanol–water partition coefficient (Wildman–Crippen LogP) is 2.42. The Hall–Kier alpha value is -1.61. The number of hydrogen-bond donors (Lipinski definition) is 1. The van der Waals surface area contributed by atoms with E-state index in [2.05, 4.69) is 36.9 Å². The number of benzene rings is 1. The minimum absolute atomic E-state index is 0.652. The fourth-order valence-corrected chi connectivity index (χ4v) is 2.20. The van der Waals surface area contributed by atoms with Crippen molar-refractivity contribution in [1.82, 2.24) is 4.98 Å². The molecule has 0 unspecified atom stereocenters. The maximum absolute atomic E-state index is 5.68. The average Bonchev–Trinajstić information content (AvgIpc) is 2.30. The molecule has 0 radical (unpaired) electrons. The molecule has 0 fully saturated rings. The third-order valence-electron chi connectivity index (χ3n) is 3.32. The topological polar surface area (TPSA) is 42.1 Å². The van der Waals surface area contributed by atoms with Gasteiger partial charge in [-0.15, -0.1) is 0 Å². The Balaban J connectivity index is 2.68.